The van der Waals surface area contributed by atoms with Gasteiger partial charge in [0.25, 0.3) is 0 Å². The molecular formula is C27H33NO. The lowest BCUT2D eigenvalue weighted by Crippen LogP contribution is -2.27. The third-order valence-corrected chi connectivity index (χ3v) is 5.84. The minimum absolute atomic E-state index is 0.545. The highest BCUT2D eigenvalue weighted by molar-refractivity contribution is 5.49. The number of rotatable bonds is 10. The summed E-state index contributed by atoms with van der Waals surface area (Å²) < 4.78 is 5.34. The molecule has 0 aromatic heterocycles. The number of benzene rings is 3. The molecule has 152 valence electrons. The van der Waals surface area contributed by atoms with E-state index in [4.69, 9.17) is 4.74 Å². The van der Waals surface area contributed by atoms with E-state index < -0.39 is 0 Å². The van der Waals surface area contributed by atoms with Crippen LogP contribution in [0.4, 0.5) is 5.69 Å². The topological polar surface area (TPSA) is 12.5 Å². The summed E-state index contributed by atoms with van der Waals surface area (Å²) >= 11 is 0. The Balaban J connectivity index is 1.67. The molecule has 0 aliphatic heterocycles. The number of methoxy groups -OCH3 is 1. The molecule has 0 fully saturated rings. The van der Waals surface area contributed by atoms with Crippen LogP contribution in [0.2, 0.25) is 0 Å². The van der Waals surface area contributed by atoms with Gasteiger partial charge in [0.1, 0.15) is 5.75 Å². The molecule has 0 aliphatic rings. The fourth-order valence-electron chi connectivity index (χ4n) is 3.76. The lowest BCUT2D eigenvalue weighted by Gasteiger charge is -2.28. The van der Waals surface area contributed by atoms with Crippen LogP contribution in [0, 0.1) is 0 Å². The van der Waals surface area contributed by atoms with E-state index in [-0.39, 0.29) is 0 Å². The molecule has 0 bridgehead atoms. The highest BCUT2D eigenvalue weighted by atomic mass is 16.5. The maximum atomic E-state index is 5.34. The van der Waals surface area contributed by atoms with Crippen molar-refractivity contribution in [1.29, 1.82) is 0 Å². The largest absolute Gasteiger partial charge is 0.497 e. The second-order valence-electron chi connectivity index (χ2n) is 7.89. The summed E-state index contributed by atoms with van der Waals surface area (Å²) in [6.45, 7) is 6.75. The van der Waals surface area contributed by atoms with Crippen LogP contribution in [-0.4, -0.2) is 20.2 Å². The first-order valence-electron chi connectivity index (χ1n) is 10.7. The summed E-state index contributed by atoms with van der Waals surface area (Å²) in [6.07, 6.45) is 2.27. The number of anilines is 1. The summed E-state index contributed by atoms with van der Waals surface area (Å²) in [7, 11) is 1.72. The van der Waals surface area contributed by atoms with Crippen LogP contribution in [0.5, 0.6) is 5.75 Å². The molecule has 0 heterocycles. The van der Waals surface area contributed by atoms with Gasteiger partial charge < -0.3 is 9.64 Å². The third-order valence-electron chi connectivity index (χ3n) is 5.84. The van der Waals surface area contributed by atoms with Gasteiger partial charge in [-0.05, 0) is 60.1 Å². The summed E-state index contributed by atoms with van der Waals surface area (Å²) in [5, 5.41) is 0. The van der Waals surface area contributed by atoms with E-state index in [1.54, 1.807) is 7.11 Å². The molecule has 0 spiro atoms. The summed E-state index contributed by atoms with van der Waals surface area (Å²) in [6, 6.07) is 30.1. The van der Waals surface area contributed by atoms with Crippen molar-refractivity contribution in [1.82, 2.24) is 0 Å². The van der Waals surface area contributed by atoms with Crippen LogP contribution in [0.15, 0.2) is 84.9 Å². The molecule has 3 rings (SSSR count). The predicted octanol–water partition coefficient (Wildman–Crippen LogP) is 6.89. The smallest absolute Gasteiger partial charge is 0.119 e. The molecule has 2 unspecified atom stereocenters. The van der Waals surface area contributed by atoms with Crippen LogP contribution < -0.4 is 9.64 Å². The van der Waals surface area contributed by atoms with Crippen LogP contribution in [-0.2, 0) is 0 Å². The number of hydrogen-bond acceptors (Lipinski definition) is 2. The minimum atomic E-state index is 0.545. The molecule has 0 N–H and O–H groups in total. The van der Waals surface area contributed by atoms with E-state index >= 15 is 0 Å². The highest BCUT2D eigenvalue weighted by Gasteiger charge is 2.13. The molecule has 0 amide bonds. The molecule has 0 saturated carbocycles. The Hall–Kier alpha value is -2.74. The van der Waals surface area contributed by atoms with Gasteiger partial charge >= 0.3 is 0 Å². The Kier molecular flexibility index (Phi) is 7.75. The van der Waals surface area contributed by atoms with Gasteiger partial charge in [-0.1, -0.05) is 74.5 Å². The fourth-order valence-corrected chi connectivity index (χ4v) is 3.76. The SMILES string of the molecule is COc1ccc(N(CCC(C)c2ccccc2)CCC(C)c2ccccc2)cc1. The van der Waals surface area contributed by atoms with Gasteiger partial charge in [-0.3, -0.25) is 0 Å². The molecule has 2 nitrogen and oxygen atoms in total. The lowest BCUT2D eigenvalue weighted by molar-refractivity contribution is 0.415. The minimum Gasteiger partial charge on any atom is -0.497 e. The monoisotopic (exact) mass is 387 g/mol. The first-order chi connectivity index (χ1) is 14.2. The van der Waals surface area contributed by atoms with E-state index in [2.05, 4.69) is 104 Å². The second kappa shape index (κ2) is 10.7. The molecule has 0 aliphatic carbocycles. The zero-order valence-electron chi connectivity index (χ0n) is 17.9. The Morgan fingerprint density at radius 1 is 0.655 bits per heavy atom. The van der Waals surface area contributed by atoms with E-state index in [9.17, 15) is 0 Å². The number of hydrogen-bond donors (Lipinski definition) is 0. The highest BCUT2D eigenvalue weighted by Crippen LogP contribution is 2.26. The number of ether oxygens (including phenoxy) is 1. The van der Waals surface area contributed by atoms with Gasteiger partial charge in [0.15, 0.2) is 0 Å². The van der Waals surface area contributed by atoms with E-state index in [0.29, 0.717) is 11.8 Å². The van der Waals surface area contributed by atoms with Gasteiger partial charge in [0, 0.05) is 18.8 Å². The molecule has 29 heavy (non-hydrogen) atoms. The van der Waals surface area contributed by atoms with Crippen LogP contribution >= 0.6 is 0 Å². The van der Waals surface area contributed by atoms with Crippen molar-refractivity contribution in [2.75, 3.05) is 25.1 Å². The van der Waals surface area contributed by atoms with Crippen LogP contribution in [0.3, 0.4) is 0 Å². The van der Waals surface area contributed by atoms with E-state index in [1.165, 1.54) is 16.8 Å². The molecule has 2 atom stereocenters. The lowest BCUT2D eigenvalue weighted by atomic mass is 9.96. The Morgan fingerprint density at radius 2 is 1.10 bits per heavy atom. The molecule has 0 saturated heterocycles. The summed E-state index contributed by atoms with van der Waals surface area (Å²) in [4.78, 5) is 2.53. The van der Waals surface area contributed by atoms with Crippen LogP contribution in [0.25, 0.3) is 0 Å². The van der Waals surface area contributed by atoms with E-state index in [0.717, 1.165) is 31.7 Å². The predicted molar refractivity (Wildman–Crippen MR) is 124 cm³/mol. The summed E-state index contributed by atoms with van der Waals surface area (Å²) in [5.74, 6) is 2.00. The van der Waals surface area contributed by atoms with Crippen molar-refractivity contribution in [2.45, 2.75) is 38.5 Å². The maximum Gasteiger partial charge on any atom is 0.119 e. The molecular weight excluding hydrogens is 354 g/mol. The Labute approximate surface area is 176 Å². The molecule has 0 radical (unpaired) electrons. The normalized spacial score (nSPS) is 12.9. The first-order valence-corrected chi connectivity index (χ1v) is 10.7. The van der Waals surface area contributed by atoms with Gasteiger partial charge in [-0.25, -0.2) is 0 Å². The van der Waals surface area contributed by atoms with Gasteiger partial charge in [-0.2, -0.15) is 0 Å². The quantitative estimate of drug-likeness (QED) is 0.375. The molecule has 2 heteroatoms. The van der Waals surface area contributed by atoms with Crippen molar-refractivity contribution in [3.63, 3.8) is 0 Å². The first kappa shape index (κ1) is 21.0. The summed E-state index contributed by atoms with van der Waals surface area (Å²) in [5.41, 5.74) is 4.10. The average Bonchev–Trinajstić information content (AvgIpc) is 2.80. The fraction of sp³-hybridized carbons (Fsp3) is 0.333. The van der Waals surface area contributed by atoms with Crippen molar-refractivity contribution in [2.24, 2.45) is 0 Å². The van der Waals surface area contributed by atoms with Gasteiger partial charge in [0.2, 0.25) is 0 Å². The Morgan fingerprint density at radius 3 is 1.52 bits per heavy atom. The standard InChI is InChI=1S/C27H33NO/c1-22(24-10-6-4-7-11-24)18-20-28(26-14-16-27(29-3)17-15-26)21-19-23(2)25-12-8-5-9-13-25/h4-17,22-23H,18-21H2,1-3H3. The zero-order chi connectivity index (χ0) is 20.5. The third kappa shape index (κ3) is 6.12. The van der Waals surface area contributed by atoms with Crippen LogP contribution in [0.1, 0.15) is 49.7 Å². The van der Waals surface area contributed by atoms with Crippen molar-refractivity contribution < 1.29 is 4.74 Å². The second-order valence-corrected chi connectivity index (χ2v) is 7.89. The van der Waals surface area contributed by atoms with Gasteiger partial charge in [-0.15, -0.1) is 0 Å². The molecule has 3 aromatic carbocycles. The van der Waals surface area contributed by atoms with Gasteiger partial charge in [0.05, 0.1) is 7.11 Å². The Bertz CT molecular complexity index is 780. The molecule has 3 aromatic rings. The van der Waals surface area contributed by atoms with E-state index in [1.807, 2.05) is 0 Å². The van der Waals surface area contributed by atoms with Crippen molar-refractivity contribution in [3.8, 4) is 5.75 Å². The maximum absolute atomic E-state index is 5.34. The zero-order valence-corrected chi connectivity index (χ0v) is 17.9. The number of nitrogens with zero attached hydrogens (tertiary/aromatic N) is 1. The van der Waals surface area contributed by atoms with Crippen molar-refractivity contribution >= 4 is 5.69 Å². The average molecular weight is 388 g/mol. The van der Waals surface area contributed by atoms with Crippen molar-refractivity contribution in [3.05, 3.63) is 96.1 Å².